The number of methoxy groups -OCH3 is 1. The highest BCUT2D eigenvalue weighted by atomic mass is 35.5. The molecule has 1 aromatic rings. The molecule has 0 aliphatic carbocycles. The number of carbonyl (C=O) groups excluding carboxylic acids is 1. The van der Waals surface area contributed by atoms with E-state index in [2.05, 4.69) is 17.1 Å². The molecule has 112 valence electrons. The van der Waals surface area contributed by atoms with Crippen molar-refractivity contribution < 1.29 is 18.8 Å². The monoisotopic (exact) mass is 302 g/mol. The van der Waals surface area contributed by atoms with Crippen LogP contribution in [0, 0.1) is 0 Å². The molecule has 6 nitrogen and oxygen atoms in total. The van der Waals surface area contributed by atoms with E-state index in [-0.39, 0.29) is 30.2 Å². The first-order chi connectivity index (χ1) is 9.17. The molecule has 1 aromatic heterocycles. The number of nitrogens with zero attached hydrogens (tertiary/aromatic N) is 2. The summed E-state index contributed by atoms with van der Waals surface area (Å²) in [6, 6.07) is 2.54. The molecular formula is C13H19ClN2O4. The van der Waals surface area contributed by atoms with Gasteiger partial charge in [0.1, 0.15) is 6.10 Å². The zero-order valence-corrected chi connectivity index (χ0v) is 12.4. The van der Waals surface area contributed by atoms with Gasteiger partial charge in [-0.2, -0.15) is 0 Å². The molecule has 3 rings (SSSR count). The molecule has 0 N–H and O–H groups in total. The van der Waals surface area contributed by atoms with Gasteiger partial charge in [0.25, 0.3) is 5.88 Å². The van der Waals surface area contributed by atoms with E-state index < -0.39 is 5.97 Å². The summed E-state index contributed by atoms with van der Waals surface area (Å²) < 4.78 is 15.3. The molecule has 0 aromatic carbocycles. The summed E-state index contributed by atoms with van der Waals surface area (Å²) in [5.41, 5.74) is 0. The van der Waals surface area contributed by atoms with Crippen molar-refractivity contribution in [3.8, 4) is 5.88 Å². The van der Waals surface area contributed by atoms with Crippen molar-refractivity contribution >= 4 is 18.4 Å². The summed E-state index contributed by atoms with van der Waals surface area (Å²) in [7, 11) is 3.63. The van der Waals surface area contributed by atoms with Crippen molar-refractivity contribution in [2.75, 3.05) is 14.2 Å². The van der Waals surface area contributed by atoms with Gasteiger partial charge in [0.2, 0.25) is 5.76 Å². The number of esters is 1. The lowest BCUT2D eigenvalue weighted by Crippen LogP contribution is -2.43. The third kappa shape index (κ3) is 2.76. The number of piperidine rings is 1. The molecule has 7 heteroatoms. The predicted molar refractivity (Wildman–Crippen MR) is 73.3 cm³/mol. The average molecular weight is 303 g/mol. The van der Waals surface area contributed by atoms with Crippen molar-refractivity contribution in [1.29, 1.82) is 0 Å². The molecule has 2 atom stereocenters. The van der Waals surface area contributed by atoms with E-state index in [1.54, 1.807) is 0 Å². The molecule has 2 unspecified atom stereocenters. The minimum atomic E-state index is -0.454. The lowest BCUT2D eigenvalue weighted by Gasteiger charge is -2.35. The van der Waals surface area contributed by atoms with Gasteiger partial charge in [0.15, 0.2) is 0 Å². The van der Waals surface area contributed by atoms with Crippen LogP contribution in [0.1, 0.15) is 36.2 Å². The van der Waals surface area contributed by atoms with E-state index >= 15 is 0 Å². The number of ether oxygens (including phenoxy) is 2. The minimum absolute atomic E-state index is 0. The van der Waals surface area contributed by atoms with E-state index in [9.17, 15) is 4.79 Å². The quantitative estimate of drug-likeness (QED) is 0.795. The van der Waals surface area contributed by atoms with Crippen LogP contribution < -0.4 is 4.74 Å². The van der Waals surface area contributed by atoms with E-state index in [1.807, 2.05) is 0 Å². The van der Waals surface area contributed by atoms with Crippen LogP contribution >= 0.6 is 12.4 Å². The fourth-order valence-corrected chi connectivity index (χ4v) is 3.12. The van der Waals surface area contributed by atoms with Crippen molar-refractivity contribution in [1.82, 2.24) is 10.1 Å². The number of hydrogen-bond acceptors (Lipinski definition) is 6. The molecular weight excluding hydrogens is 284 g/mol. The minimum Gasteiger partial charge on any atom is -0.479 e. The Morgan fingerprint density at radius 3 is 2.60 bits per heavy atom. The van der Waals surface area contributed by atoms with Crippen LogP contribution in [0.3, 0.4) is 0 Å². The van der Waals surface area contributed by atoms with Gasteiger partial charge in [0.05, 0.1) is 13.2 Å². The first-order valence-corrected chi connectivity index (χ1v) is 6.61. The van der Waals surface area contributed by atoms with Crippen LogP contribution in [0.2, 0.25) is 0 Å². The number of halogens is 1. The maximum atomic E-state index is 11.9. The Hall–Kier alpha value is -1.27. The Bertz CT molecular complexity index is 465. The van der Waals surface area contributed by atoms with E-state index in [0.717, 1.165) is 12.8 Å². The van der Waals surface area contributed by atoms with Crippen molar-refractivity contribution in [2.45, 2.75) is 43.9 Å². The van der Waals surface area contributed by atoms with Crippen LogP contribution in [0.15, 0.2) is 10.6 Å². The highest BCUT2D eigenvalue weighted by Crippen LogP contribution is 2.35. The third-order valence-corrected chi connectivity index (χ3v) is 4.23. The SMILES string of the molecule is COc1cc(C(=O)OC2CC3CCC(C2)N3C)on1.Cl. The maximum Gasteiger partial charge on any atom is 0.377 e. The summed E-state index contributed by atoms with van der Waals surface area (Å²) >= 11 is 0. The Balaban J connectivity index is 0.00000147. The highest BCUT2D eigenvalue weighted by molar-refractivity contribution is 5.86. The Morgan fingerprint density at radius 2 is 2.05 bits per heavy atom. The third-order valence-electron chi connectivity index (χ3n) is 4.23. The molecule has 20 heavy (non-hydrogen) atoms. The van der Waals surface area contributed by atoms with Crippen molar-refractivity contribution in [3.63, 3.8) is 0 Å². The molecule has 0 spiro atoms. The highest BCUT2D eigenvalue weighted by Gasteiger charge is 2.40. The first kappa shape index (κ1) is 15.1. The summed E-state index contributed by atoms with van der Waals surface area (Å²) in [5.74, 6) is -0.0664. The van der Waals surface area contributed by atoms with Gasteiger partial charge in [-0.15, -0.1) is 12.4 Å². The summed E-state index contributed by atoms with van der Waals surface area (Å²) in [4.78, 5) is 14.3. The van der Waals surface area contributed by atoms with Crippen molar-refractivity contribution in [3.05, 3.63) is 11.8 Å². The van der Waals surface area contributed by atoms with Crippen LogP contribution in [-0.4, -0.2) is 48.4 Å². The lowest BCUT2D eigenvalue weighted by atomic mass is 10.0. The molecule has 3 heterocycles. The largest absolute Gasteiger partial charge is 0.479 e. The summed E-state index contributed by atoms with van der Waals surface area (Å²) in [6.45, 7) is 0. The molecule has 2 saturated heterocycles. The van der Waals surface area contributed by atoms with Gasteiger partial charge in [0, 0.05) is 24.9 Å². The average Bonchev–Trinajstić information content (AvgIpc) is 2.94. The topological polar surface area (TPSA) is 64.8 Å². The van der Waals surface area contributed by atoms with Gasteiger partial charge in [-0.3, -0.25) is 0 Å². The van der Waals surface area contributed by atoms with Crippen molar-refractivity contribution in [2.24, 2.45) is 0 Å². The first-order valence-electron chi connectivity index (χ1n) is 6.61. The van der Waals surface area contributed by atoms with Gasteiger partial charge in [-0.25, -0.2) is 4.79 Å². The van der Waals surface area contributed by atoms with Gasteiger partial charge in [-0.05, 0) is 25.0 Å². The number of fused-ring (bicyclic) bond motifs is 2. The number of aromatic nitrogens is 1. The summed E-state index contributed by atoms with van der Waals surface area (Å²) in [6.07, 6.45) is 4.20. The maximum absolute atomic E-state index is 11.9. The molecule has 0 amide bonds. The smallest absolute Gasteiger partial charge is 0.377 e. The van der Waals surface area contributed by atoms with Gasteiger partial charge >= 0.3 is 5.97 Å². The van der Waals surface area contributed by atoms with Crippen LogP contribution in [0.4, 0.5) is 0 Å². The Morgan fingerprint density at radius 1 is 1.40 bits per heavy atom. The number of hydrogen-bond donors (Lipinski definition) is 0. The van der Waals surface area contributed by atoms with Crippen LogP contribution in [0.25, 0.3) is 0 Å². The van der Waals surface area contributed by atoms with E-state index in [4.69, 9.17) is 14.0 Å². The molecule has 2 aliphatic heterocycles. The van der Waals surface area contributed by atoms with Crippen LogP contribution in [-0.2, 0) is 4.74 Å². The lowest BCUT2D eigenvalue weighted by molar-refractivity contribution is -0.00379. The van der Waals surface area contributed by atoms with Crippen LogP contribution in [0.5, 0.6) is 5.88 Å². The number of carbonyl (C=O) groups is 1. The fraction of sp³-hybridized carbons (Fsp3) is 0.692. The molecule has 2 bridgehead atoms. The second-order valence-corrected chi connectivity index (χ2v) is 5.28. The fourth-order valence-electron chi connectivity index (χ4n) is 3.12. The Labute approximate surface area is 123 Å². The predicted octanol–water partition coefficient (Wildman–Crippen LogP) is 1.89. The molecule has 0 saturated carbocycles. The molecule has 0 radical (unpaired) electrons. The second kappa shape index (κ2) is 6.01. The molecule has 2 fully saturated rings. The Kier molecular flexibility index (Phi) is 4.55. The second-order valence-electron chi connectivity index (χ2n) is 5.28. The molecule has 2 aliphatic rings. The number of rotatable bonds is 3. The zero-order valence-electron chi connectivity index (χ0n) is 11.6. The van der Waals surface area contributed by atoms with Gasteiger partial charge < -0.3 is 18.9 Å². The standard InChI is InChI=1S/C13H18N2O4.ClH/c1-15-8-3-4-9(15)6-10(5-8)18-13(16)11-7-12(17-2)14-19-11;/h7-10H,3-6H2,1-2H3;1H. The summed E-state index contributed by atoms with van der Waals surface area (Å²) in [5, 5.41) is 3.60. The zero-order chi connectivity index (χ0) is 13.4. The van der Waals surface area contributed by atoms with Gasteiger partial charge in [-0.1, -0.05) is 0 Å². The normalized spacial score (nSPS) is 28.8. The van der Waals surface area contributed by atoms with E-state index in [1.165, 1.54) is 26.0 Å². The van der Waals surface area contributed by atoms with E-state index in [0.29, 0.717) is 12.1 Å².